The van der Waals surface area contributed by atoms with E-state index in [-0.39, 0.29) is 24.4 Å². The number of ether oxygens (including phenoxy) is 1. The Balaban J connectivity index is 2.02. The number of aliphatic hydroxyl groups is 1. The molecule has 0 amide bonds. The summed E-state index contributed by atoms with van der Waals surface area (Å²) in [5.74, 6) is 0.451. The van der Waals surface area contributed by atoms with Crippen LogP contribution < -0.4 is 15.4 Å². The van der Waals surface area contributed by atoms with Crippen LogP contribution in [-0.2, 0) is 6.54 Å². The van der Waals surface area contributed by atoms with E-state index in [1.54, 1.807) is 18.2 Å². The lowest BCUT2D eigenvalue weighted by atomic mass is 10.2. The van der Waals surface area contributed by atoms with Gasteiger partial charge in [-0.2, -0.15) is 0 Å². The van der Waals surface area contributed by atoms with Crippen molar-refractivity contribution in [3.8, 4) is 5.75 Å². The van der Waals surface area contributed by atoms with Crippen molar-refractivity contribution < 1.29 is 27.4 Å². The zero-order valence-electron chi connectivity index (χ0n) is 14.1. The number of hydrogen-bond acceptors (Lipinski definition) is 4. The summed E-state index contributed by atoms with van der Waals surface area (Å²) in [4.78, 5) is 4.23. The van der Waals surface area contributed by atoms with Crippen LogP contribution >= 0.6 is 0 Å². The van der Waals surface area contributed by atoms with E-state index in [0.29, 0.717) is 18.3 Å². The molecule has 26 heavy (non-hydrogen) atoms. The average Bonchev–Trinajstić information content (AvgIpc) is 3.11. The first-order valence-electron chi connectivity index (χ1n) is 7.96. The lowest BCUT2D eigenvalue weighted by Crippen LogP contribution is -2.39. The lowest BCUT2D eigenvalue weighted by molar-refractivity contribution is -0.274. The molecule has 6 nitrogen and oxygen atoms in total. The minimum Gasteiger partial charge on any atom is -0.467 e. The molecule has 1 heterocycles. The van der Waals surface area contributed by atoms with E-state index in [1.807, 2.05) is 6.92 Å². The van der Waals surface area contributed by atoms with Crippen LogP contribution in [0.1, 0.15) is 24.4 Å². The first-order valence-corrected chi connectivity index (χ1v) is 7.96. The fraction of sp³-hybridized carbons (Fsp3) is 0.353. The fourth-order valence-corrected chi connectivity index (χ4v) is 2.14. The summed E-state index contributed by atoms with van der Waals surface area (Å²) in [6.45, 7) is 2.49. The van der Waals surface area contributed by atoms with Crippen LogP contribution in [0.4, 0.5) is 13.2 Å². The van der Waals surface area contributed by atoms with Crippen molar-refractivity contribution in [1.29, 1.82) is 0 Å². The zero-order valence-corrected chi connectivity index (χ0v) is 14.1. The second-order valence-electron chi connectivity index (χ2n) is 5.26. The Labute approximate surface area is 148 Å². The van der Waals surface area contributed by atoms with Gasteiger partial charge in [-0.25, -0.2) is 4.99 Å². The average molecular weight is 371 g/mol. The summed E-state index contributed by atoms with van der Waals surface area (Å²) in [5, 5.41) is 15.9. The molecule has 0 aliphatic carbocycles. The normalized spacial score (nSPS) is 13.3. The Bertz CT molecular complexity index is 703. The van der Waals surface area contributed by atoms with Crippen molar-refractivity contribution in [2.75, 3.05) is 13.1 Å². The van der Waals surface area contributed by atoms with Crippen LogP contribution in [0.25, 0.3) is 0 Å². The van der Waals surface area contributed by atoms with Crippen molar-refractivity contribution in [3.63, 3.8) is 0 Å². The lowest BCUT2D eigenvalue weighted by Gasteiger charge is -2.15. The van der Waals surface area contributed by atoms with Crippen molar-refractivity contribution in [2.24, 2.45) is 4.99 Å². The number of aliphatic hydroxyl groups excluding tert-OH is 1. The number of aliphatic imine (C=N–C) groups is 1. The van der Waals surface area contributed by atoms with E-state index in [0.717, 1.165) is 0 Å². The molecule has 0 aliphatic heterocycles. The van der Waals surface area contributed by atoms with E-state index < -0.39 is 12.5 Å². The van der Waals surface area contributed by atoms with Gasteiger partial charge in [0.25, 0.3) is 0 Å². The van der Waals surface area contributed by atoms with Gasteiger partial charge in [0.15, 0.2) is 5.96 Å². The molecule has 1 aromatic heterocycles. The van der Waals surface area contributed by atoms with Gasteiger partial charge in [0.1, 0.15) is 17.6 Å². The molecule has 0 fully saturated rings. The van der Waals surface area contributed by atoms with Crippen LogP contribution in [0.5, 0.6) is 5.75 Å². The number of furan rings is 1. The molecule has 1 atom stereocenters. The quantitative estimate of drug-likeness (QED) is 0.515. The van der Waals surface area contributed by atoms with Gasteiger partial charge in [0.05, 0.1) is 19.4 Å². The van der Waals surface area contributed by atoms with Gasteiger partial charge >= 0.3 is 6.36 Å². The summed E-state index contributed by atoms with van der Waals surface area (Å²) < 4.78 is 46.5. The fourth-order valence-electron chi connectivity index (χ4n) is 2.14. The molecule has 3 N–H and O–H groups in total. The number of alkyl halides is 3. The van der Waals surface area contributed by atoms with Crippen LogP contribution in [-0.4, -0.2) is 30.5 Å². The van der Waals surface area contributed by atoms with Crippen molar-refractivity contribution in [1.82, 2.24) is 10.6 Å². The third-order valence-corrected chi connectivity index (χ3v) is 3.28. The maximum Gasteiger partial charge on any atom is 0.573 e. The predicted molar refractivity (Wildman–Crippen MR) is 89.6 cm³/mol. The molecule has 0 saturated heterocycles. The first-order chi connectivity index (χ1) is 12.4. The molecule has 2 rings (SSSR count). The number of nitrogens with one attached hydrogen (secondary N) is 2. The third-order valence-electron chi connectivity index (χ3n) is 3.28. The Morgan fingerprint density at radius 3 is 2.65 bits per heavy atom. The van der Waals surface area contributed by atoms with Gasteiger partial charge in [-0.05, 0) is 25.1 Å². The standard InChI is InChI=1S/C17H20F3N3O3/c1-2-21-16(23-11-13(24)15-8-5-9-25-15)22-10-12-6-3-4-7-14(12)26-17(18,19)20/h3-9,13,24H,2,10-11H2,1H3,(H2,21,22,23). The number of guanidine groups is 1. The number of benzene rings is 1. The Morgan fingerprint density at radius 2 is 2.00 bits per heavy atom. The number of nitrogens with zero attached hydrogens (tertiary/aromatic N) is 1. The highest BCUT2D eigenvalue weighted by Crippen LogP contribution is 2.26. The monoisotopic (exact) mass is 371 g/mol. The van der Waals surface area contributed by atoms with Gasteiger partial charge in [-0.15, -0.1) is 13.2 Å². The van der Waals surface area contributed by atoms with Gasteiger partial charge < -0.3 is 24.9 Å². The number of hydrogen-bond donors (Lipinski definition) is 3. The molecule has 0 radical (unpaired) electrons. The van der Waals surface area contributed by atoms with Crippen molar-refractivity contribution in [2.45, 2.75) is 25.9 Å². The van der Waals surface area contributed by atoms with E-state index in [4.69, 9.17) is 4.42 Å². The first kappa shape index (κ1) is 19.6. The molecule has 2 aromatic rings. The van der Waals surface area contributed by atoms with E-state index in [1.165, 1.54) is 24.5 Å². The molecule has 142 valence electrons. The maximum atomic E-state index is 12.5. The SMILES string of the molecule is CCNC(=NCc1ccccc1OC(F)(F)F)NCC(O)c1ccco1. The Hall–Kier alpha value is -2.68. The molecule has 0 bridgehead atoms. The molecule has 0 saturated carbocycles. The molecule has 1 aromatic carbocycles. The third kappa shape index (κ3) is 6.32. The minimum atomic E-state index is -4.77. The summed E-state index contributed by atoms with van der Waals surface area (Å²) in [6, 6.07) is 9.11. The molecule has 0 spiro atoms. The van der Waals surface area contributed by atoms with Gasteiger partial charge in [0.2, 0.25) is 0 Å². The summed E-state index contributed by atoms with van der Waals surface area (Å²) >= 11 is 0. The number of rotatable bonds is 7. The van der Waals surface area contributed by atoms with Gasteiger partial charge in [-0.1, -0.05) is 18.2 Å². The smallest absolute Gasteiger partial charge is 0.467 e. The van der Waals surface area contributed by atoms with Gasteiger partial charge in [-0.3, -0.25) is 0 Å². The van der Waals surface area contributed by atoms with Crippen LogP contribution in [0.3, 0.4) is 0 Å². The molecular weight excluding hydrogens is 351 g/mol. The molecule has 1 unspecified atom stereocenters. The van der Waals surface area contributed by atoms with Crippen molar-refractivity contribution >= 4 is 5.96 Å². The second-order valence-corrected chi connectivity index (χ2v) is 5.26. The highest BCUT2D eigenvalue weighted by atomic mass is 19.4. The topological polar surface area (TPSA) is 79.0 Å². The number of para-hydroxylation sites is 1. The Kier molecular flexibility index (Phi) is 6.90. The molecular formula is C17H20F3N3O3. The second kappa shape index (κ2) is 9.14. The van der Waals surface area contributed by atoms with Crippen LogP contribution in [0.2, 0.25) is 0 Å². The predicted octanol–water partition coefficient (Wildman–Crippen LogP) is 2.97. The summed E-state index contributed by atoms with van der Waals surface area (Å²) in [5.41, 5.74) is 0.286. The molecule has 0 aliphatic rings. The maximum absolute atomic E-state index is 12.5. The summed E-state index contributed by atoms with van der Waals surface area (Å²) in [6.07, 6.45) is -4.19. The highest BCUT2D eigenvalue weighted by molar-refractivity contribution is 5.79. The largest absolute Gasteiger partial charge is 0.573 e. The zero-order chi connectivity index (χ0) is 19.0. The number of halogens is 3. The van der Waals surface area contributed by atoms with Gasteiger partial charge in [0, 0.05) is 12.1 Å². The summed E-state index contributed by atoms with van der Waals surface area (Å²) in [7, 11) is 0. The van der Waals surface area contributed by atoms with E-state index in [2.05, 4.69) is 20.4 Å². The minimum absolute atomic E-state index is 0.0293. The van der Waals surface area contributed by atoms with Crippen LogP contribution in [0.15, 0.2) is 52.1 Å². The molecule has 9 heteroatoms. The van der Waals surface area contributed by atoms with E-state index >= 15 is 0 Å². The van der Waals surface area contributed by atoms with Crippen LogP contribution in [0, 0.1) is 0 Å². The Morgan fingerprint density at radius 1 is 1.23 bits per heavy atom. The van der Waals surface area contributed by atoms with Crippen molar-refractivity contribution in [3.05, 3.63) is 54.0 Å². The highest BCUT2D eigenvalue weighted by Gasteiger charge is 2.31. The van der Waals surface area contributed by atoms with E-state index in [9.17, 15) is 18.3 Å².